The molecule has 7 nitrogen and oxygen atoms in total. The molecule has 3 heterocycles. The van der Waals surface area contributed by atoms with E-state index < -0.39 is 0 Å². The van der Waals surface area contributed by atoms with E-state index in [0.29, 0.717) is 25.5 Å². The average molecular weight is 360 g/mol. The number of likely N-dealkylation sites (tertiary alicyclic amines) is 1. The Balaban J connectivity index is 1.48. The van der Waals surface area contributed by atoms with E-state index in [1.165, 1.54) is 0 Å². The number of aromatic nitrogens is 1. The molecule has 0 bridgehead atoms. The first kappa shape index (κ1) is 18.5. The van der Waals surface area contributed by atoms with Gasteiger partial charge in [0.1, 0.15) is 5.82 Å². The van der Waals surface area contributed by atoms with Crippen LogP contribution in [0.3, 0.4) is 0 Å². The summed E-state index contributed by atoms with van der Waals surface area (Å²) in [5.41, 5.74) is 1.02. The molecule has 2 saturated heterocycles. The summed E-state index contributed by atoms with van der Waals surface area (Å²) < 4.78 is 4.96. The molecule has 3 rings (SSSR count). The van der Waals surface area contributed by atoms with Gasteiger partial charge in [0.05, 0.1) is 24.9 Å². The number of amides is 1. The fourth-order valence-electron chi connectivity index (χ4n) is 3.53. The molecule has 1 aromatic heterocycles. The van der Waals surface area contributed by atoms with Crippen LogP contribution in [0.2, 0.25) is 0 Å². The number of hydrogen-bond acceptors (Lipinski definition) is 6. The number of pyridine rings is 1. The minimum atomic E-state index is -0.183. The summed E-state index contributed by atoms with van der Waals surface area (Å²) in [5.74, 6) is 0.943. The van der Waals surface area contributed by atoms with E-state index in [-0.39, 0.29) is 17.8 Å². The highest BCUT2D eigenvalue weighted by Gasteiger charge is 2.28. The Bertz CT molecular complexity index is 632. The molecule has 0 unspecified atom stereocenters. The lowest BCUT2D eigenvalue weighted by Gasteiger charge is -2.22. The van der Waals surface area contributed by atoms with Gasteiger partial charge in [-0.3, -0.25) is 9.59 Å². The maximum Gasteiger partial charge on any atom is 0.306 e. The number of anilines is 2. The molecule has 0 saturated carbocycles. The molecule has 0 spiro atoms. The fraction of sp³-hybridized carbons (Fsp3) is 0.632. The van der Waals surface area contributed by atoms with Crippen LogP contribution in [-0.2, 0) is 14.3 Å². The quantitative estimate of drug-likeness (QED) is 0.809. The lowest BCUT2D eigenvalue weighted by atomic mass is 10.0. The molecular weight excluding hydrogens is 332 g/mol. The van der Waals surface area contributed by atoms with Gasteiger partial charge in [-0.1, -0.05) is 0 Å². The Kier molecular flexibility index (Phi) is 5.96. The van der Waals surface area contributed by atoms with Gasteiger partial charge in [-0.05, 0) is 31.4 Å². The first-order valence-corrected chi connectivity index (χ1v) is 9.34. The molecule has 2 atom stereocenters. The Morgan fingerprint density at radius 1 is 1.35 bits per heavy atom. The second kappa shape index (κ2) is 8.38. The van der Waals surface area contributed by atoms with Crippen molar-refractivity contribution in [1.29, 1.82) is 0 Å². The Morgan fingerprint density at radius 3 is 2.85 bits per heavy atom. The molecule has 7 heteroatoms. The van der Waals surface area contributed by atoms with Crippen molar-refractivity contribution in [2.45, 2.75) is 38.1 Å². The summed E-state index contributed by atoms with van der Waals surface area (Å²) in [6.07, 6.45) is 5.58. The molecule has 2 aliphatic rings. The number of carbonyl (C=O) groups excluding carboxylic acids is 2. The van der Waals surface area contributed by atoms with Crippen molar-refractivity contribution >= 4 is 23.4 Å². The summed E-state index contributed by atoms with van der Waals surface area (Å²) in [5, 5.41) is 3.54. The number of ether oxygens (including phenoxy) is 1. The molecule has 1 N–H and O–H groups in total. The van der Waals surface area contributed by atoms with Crippen LogP contribution < -0.4 is 10.2 Å². The summed E-state index contributed by atoms with van der Waals surface area (Å²) in [6.45, 7) is 1.93. The topological polar surface area (TPSA) is 74.8 Å². The van der Waals surface area contributed by atoms with Crippen molar-refractivity contribution < 1.29 is 14.3 Å². The smallest absolute Gasteiger partial charge is 0.306 e. The highest BCUT2D eigenvalue weighted by atomic mass is 16.5. The second-order valence-electron chi connectivity index (χ2n) is 7.41. The Hall–Kier alpha value is -2.31. The largest absolute Gasteiger partial charge is 0.465 e. The Morgan fingerprint density at radius 2 is 2.19 bits per heavy atom. The highest BCUT2D eigenvalue weighted by molar-refractivity contribution is 5.78. The molecule has 2 aliphatic heterocycles. The van der Waals surface area contributed by atoms with Gasteiger partial charge in [0.2, 0.25) is 5.91 Å². The van der Waals surface area contributed by atoms with Gasteiger partial charge in [-0.2, -0.15) is 0 Å². The van der Waals surface area contributed by atoms with Crippen LogP contribution in [0, 0.1) is 5.92 Å². The van der Waals surface area contributed by atoms with E-state index in [1.54, 1.807) is 0 Å². The van der Waals surface area contributed by atoms with E-state index in [2.05, 4.69) is 10.3 Å². The predicted molar refractivity (Wildman–Crippen MR) is 100 cm³/mol. The lowest BCUT2D eigenvalue weighted by molar-refractivity contribution is -0.138. The molecule has 0 radical (unpaired) electrons. The van der Waals surface area contributed by atoms with Crippen LogP contribution in [0.4, 0.5) is 11.5 Å². The van der Waals surface area contributed by atoms with Gasteiger partial charge < -0.3 is 19.9 Å². The zero-order valence-electron chi connectivity index (χ0n) is 15.6. The molecular formula is C19H28N4O3. The van der Waals surface area contributed by atoms with Gasteiger partial charge in [0.25, 0.3) is 0 Å². The average Bonchev–Trinajstić information content (AvgIpc) is 2.88. The SMILES string of the molecule is CN(C)c1ccc(N[C@H]2CCCN(C(=O)C[C@H]3COC(=O)C3)CC2)cn1. The third-order valence-corrected chi connectivity index (χ3v) is 5.06. The third-order valence-electron chi connectivity index (χ3n) is 5.06. The van der Waals surface area contributed by atoms with Crippen molar-refractivity contribution in [3.63, 3.8) is 0 Å². The van der Waals surface area contributed by atoms with E-state index in [4.69, 9.17) is 4.74 Å². The van der Waals surface area contributed by atoms with Gasteiger partial charge in [-0.15, -0.1) is 0 Å². The second-order valence-corrected chi connectivity index (χ2v) is 7.41. The summed E-state index contributed by atoms with van der Waals surface area (Å²) in [4.78, 5) is 32.0. The van der Waals surface area contributed by atoms with Crippen LogP contribution in [0.25, 0.3) is 0 Å². The molecule has 1 aromatic rings. The highest BCUT2D eigenvalue weighted by Crippen LogP contribution is 2.22. The first-order chi connectivity index (χ1) is 12.5. The summed E-state index contributed by atoms with van der Waals surface area (Å²) >= 11 is 0. The maximum absolute atomic E-state index is 12.5. The van der Waals surface area contributed by atoms with Crippen LogP contribution >= 0.6 is 0 Å². The van der Waals surface area contributed by atoms with Gasteiger partial charge in [0, 0.05) is 45.6 Å². The molecule has 142 valence electrons. The lowest BCUT2D eigenvalue weighted by Crippen LogP contribution is -2.34. The standard InChI is InChI=1S/C19H28N4O3/c1-22(2)17-6-5-16(12-20-17)21-15-4-3-8-23(9-7-15)18(24)10-14-11-19(25)26-13-14/h5-6,12,14-15,21H,3-4,7-11,13H2,1-2H3/t14-,15+/m1/s1. The van der Waals surface area contributed by atoms with Crippen LogP contribution in [0.5, 0.6) is 0 Å². The minimum absolute atomic E-state index is 0.0495. The van der Waals surface area contributed by atoms with Gasteiger partial charge in [0.15, 0.2) is 0 Å². The number of esters is 1. The zero-order chi connectivity index (χ0) is 18.5. The first-order valence-electron chi connectivity index (χ1n) is 9.34. The summed E-state index contributed by atoms with van der Waals surface area (Å²) in [6, 6.07) is 4.39. The van der Waals surface area contributed by atoms with Gasteiger partial charge in [-0.25, -0.2) is 4.98 Å². The van der Waals surface area contributed by atoms with E-state index in [0.717, 1.165) is 43.9 Å². The number of rotatable bonds is 5. The predicted octanol–water partition coefficient (Wildman–Crippen LogP) is 1.89. The number of cyclic esters (lactones) is 1. The van der Waals surface area contributed by atoms with Crippen molar-refractivity contribution in [2.75, 3.05) is 44.0 Å². The monoisotopic (exact) mass is 360 g/mol. The maximum atomic E-state index is 12.5. The number of nitrogens with zero attached hydrogens (tertiary/aromatic N) is 3. The van der Waals surface area contributed by atoms with Crippen LogP contribution in [0.15, 0.2) is 18.3 Å². The van der Waals surface area contributed by atoms with Gasteiger partial charge >= 0.3 is 5.97 Å². The fourth-order valence-corrected chi connectivity index (χ4v) is 3.53. The van der Waals surface area contributed by atoms with Crippen molar-refractivity contribution in [2.24, 2.45) is 5.92 Å². The third kappa shape index (κ3) is 4.86. The van der Waals surface area contributed by atoms with Crippen molar-refractivity contribution in [3.8, 4) is 0 Å². The van der Waals surface area contributed by atoms with Crippen molar-refractivity contribution in [1.82, 2.24) is 9.88 Å². The minimum Gasteiger partial charge on any atom is -0.465 e. The molecule has 2 fully saturated rings. The molecule has 0 aromatic carbocycles. The summed E-state index contributed by atoms with van der Waals surface area (Å²) in [7, 11) is 3.94. The molecule has 0 aliphatic carbocycles. The van der Waals surface area contributed by atoms with Crippen LogP contribution in [-0.4, -0.2) is 61.6 Å². The number of carbonyl (C=O) groups is 2. The molecule has 1 amide bonds. The van der Waals surface area contributed by atoms with E-state index >= 15 is 0 Å². The number of nitrogens with one attached hydrogen (secondary N) is 1. The van der Waals surface area contributed by atoms with E-state index in [1.807, 2.05) is 42.2 Å². The Labute approximate surface area is 154 Å². The van der Waals surface area contributed by atoms with Crippen LogP contribution in [0.1, 0.15) is 32.1 Å². The number of hydrogen-bond donors (Lipinski definition) is 1. The normalized spacial score (nSPS) is 23.3. The molecule has 26 heavy (non-hydrogen) atoms. The zero-order valence-corrected chi connectivity index (χ0v) is 15.6. The van der Waals surface area contributed by atoms with Crippen molar-refractivity contribution in [3.05, 3.63) is 18.3 Å². The van der Waals surface area contributed by atoms with E-state index in [9.17, 15) is 9.59 Å².